The molecule has 3 rings (SSSR count). The standard InChI is InChI=1S/C29H30N2O8/c32-17-25(28(35)38-19-22-12-6-2-7-13-22)30-26(33)16-24(27(34)37-18-21-10-4-1-5-11-21)31-29(36)39-20-23-14-8-3-9-15-23/h1-15,24-25,32H,16-20H2,(H,30,33)(H,31,36)/t24-,25-/m0/s1. The Labute approximate surface area is 225 Å². The molecule has 0 radical (unpaired) electrons. The van der Waals surface area contributed by atoms with Crippen LogP contribution in [0.4, 0.5) is 4.79 Å². The molecule has 2 amide bonds. The Kier molecular flexibility index (Phi) is 11.5. The van der Waals surface area contributed by atoms with E-state index in [-0.39, 0.29) is 19.8 Å². The van der Waals surface area contributed by atoms with E-state index in [0.717, 1.165) is 11.1 Å². The number of alkyl carbamates (subject to hydrolysis) is 1. The minimum Gasteiger partial charge on any atom is -0.459 e. The summed E-state index contributed by atoms with van der Waals surface area (Å²) in [5.74, 6) is -2.53. The van der Waals surface area contributed by atoms with E-state index >= 15 is 0 Å². The summed E-state index contributed by atoms with van der Waals surface area (Å²) < 4.78 is 15.6. The highest BCUT2D eigenvalue weighted by atomic mass is 16.6. The molecule has 3 N–H and O–H groups in total. The van der Waals surface area contributed by atoms with Crippen molar-refractivity contribution in [1.29, 1.82) is 0 Å². The Morgan fingerprint density at radius 3 is 1.44 bits per heavy atom. The van der Waals surface area contributed by atoms with Gasteiger partial charge in [-0.15, -0.1) is 0 Å². The van der Waals surface area contributed by atoms with Gasteiger partial charge in [0.15, 0.2) is 6.04 Å². The number of aliphatic hydroxyl groups excluding tert-OH is 1. The highest BCUT2D eigenvalue weighted by Gasteiger charge is 2.29. The SMILES string of the molecule is O=C(C[C@H](NC(=O)OCc1ccccc1)C(=O)OCc1ccccc1)N[C@@H](CO)C(=O)OCc1ccccc1. The van der Waals surface area contributed by atoms with Crippen LogP contribution in [-0.2, 0) is 48.4 Å². The van der Waals surface area contributed by atoms with Crippen LogP contribution in [0.1, 0.15) is 23.1 Å². The van der Waals surface area contributed by atoms with Gasteiger partial charge in [0, 0.05) is 0 Å². The van der Waals surface area contributed by atoms with Crippen LogP contribution >= 0.6 is 0 Å². The Morgan fingerprint density at radius 1 is 0.590 bits per heavy atom. The van der Waals surface area contributed by atoms with Gasteiger partial charge in [-0.05, 0) is 16.7 Å². The molecule has 0 heterocycles. The third-order valence-electron chi connectivity index (χ3n) is 5.43. The fourth-order valence-corrected chi connectivity index (χ4v) is 3.38. The van der Waals surface area contributed by atoms with E-state index in [1.165, 1.54) is 0 Å². The minimum absolute atomic E-state index is 0.0463. The van der Waals surface area contributed by atoms with Gasteiger partial charge in [0.2, 0.25) is 5.91 Å². The Hall–Kier alpha value is -4.70. The van der Waals surface area contributed by atoms with Crippen molar-refractivity contribution < 1.29 is 38.5 Å². The average molecular weight is 535 g/mol. The average Bonchev–Trinajstić information content (AvgIpc) is 2.97. The maximum absolute atomic E-state index is 12.8. The fraction of sp³-hybridized carbons (Fsp3) is 0.241. The lowest BCUT2D eigenvalue weighted by atomic mass is 10.2. The zero-order valence-electron chi connectivity index (χ0n) is 21.2. The molecule has 2 atom stereocenters. The zero-order valence-corrected chi connectivity index (χ0v) is 21.2. The van der Waals surface area contributed by atoms with Gasteiger partial charge in [-0.2, -0.15) is 0 Å². The van der Waals surface area contributed by atoms with Gasteiger partial charge >= 0.3 is 18.0 Å². The summed E-state index contributed by atoms with van der Waals surface area (Å²) in [4.78, 5) is 50.3. The second-order valence-electron chi connectivity index (χ2n) is 8.45. The molecule has 3 aromatic rings. The number of benzene rings is 3. The third kappa shape index (κ3) is 10.3. The molecule has 0 aliphatic heterocycles. The number of amides is 2. The largest absolute Gasteiger partial charge is 0.459 e. The predicted molar refractivity (Wildman–Crippen MR) is 140 cm³/mol. The number of hydrogen-bond acceptors (Lipinski definition) is 8. The van der Waals surface area contributed by atoms with Crippen molar-refractivity contribution in [2.45, 2.75) is 38.3 Å². The Morgan fingerprint density at radius 2 is 1.00 bits per heavy atom. The van der Waals surface area contributed by atoms with Crippen molar-refractivity contribution in [3.63, 3.8) is 0 Å². The van der Waals surface area contributed by atoms with Crippen LogP contribution in [0.15, 0.2) is 91.0 Å². The summed E-state index contributed by atoms with van der Waals surface area (Å²) in [5, 5.41) is 14.3. The van der Waals surface area contributed by atoms with Gasteiger partial charge in [-0.25, -0.2) is 14.4 Å². The summed E-state index contributed by atoms with van der Waals surface area (Å²) in [7, 11) is 0. The molecule has 0 aromatic heterocycles. The number of aliphatic hydroxyl groups is 1. The van der Waals surface area contributed by atoms with Crippen LogP contribution in [0.25, 0.3) is 0 Å². The molecule has 3 aromatic carbocycles. The number of hydrogen-bond donors (Lipinski definition) is 3. The van der Waals surface area contributed by atoms with Crippen LogP contribution < -0.4 is 10.6 Å². The topological polar surface area (TPSA) is 140 Å². The second kappa shape index (κ2) is 15.5. The van der Waals surface area contributed by atoms with Crippen molar-refractivity contribution >= 4 is 23.9 Å². The lowest BCUT2D eigenvalue weighted by Gasteiger charge is -2.20. The summed E-state index contributed by atoms with van der Waals surface area (Å²) in [6.07, 6.45) is -1.51. The lowest BCUT2D eigenvalue weighted by molar-refractivity contribution is -0.151. The normalized spacial score (nSPS) is 11.9. The van der Waals surface area contributed by atoms with Crippen molar-refractivity contribution in [1.82, 2.24) is 10.6 Å². The van der Waals surface area contributed by atoms with E-state index in [1.807, 2.05) is 18.2 Å². The fourth-order valence-electron chi connectivity index (χ4n) is 3.38. The van der Waals surface area contributed by atoms with Crippen LogP contribution in [0.5, 0.6) is 0 Å². The Bertz CT molecular complexity index is 1210. The van der Waals surface area contributed by atoms with Gasteiger partial charge in [0.1, 0.15) is 25.9 Å². The van der Waals surface area contributed by atoms with Crippen LogP contribution in [-0.4, -0.2) is 47.7 Å². The lowest BCUT2D eigenvalue weighted by Crippen LogP contribution is -2.49. The summed E-state index contributed by atoms with van der Waals surface area (Å²) >= 11 is 0. The zero-order chi connectivity index (χ0) is 27.9. The van der Waals surface area contributed by atoms with E-state index in [4.69, 9.17) is 14.2 Å². The number of ether oxygens (including phenoxy) is 3. The van der Waals surface area contributed by atoms with Crippen molar-refractivity contribution in [3.05, 3.63) is 108 Å². The van der Waals surface area contributed by atoms with Crippen LogP contribution in [0.2, 0.25) is 0 Å². The second-order valence-corrected chi connectivity index (χ2v) is 8.45. The van der Waals surface area contributed by atoms with Gasteiger partial charge < -0.3 is 30.0 Å². The summed E-state index contributed by atoms with van der Waals surface area (Å²) in [6, 6.07) is 23.9. The smallest absolute Gasteiger partial charge is 0.408 e. The van der Waals surface area contributed by atoms with Crippen molar-refractivity contribution in [2.24, 2.45) is 0 Å². The van der Waals surface area contributed by atoms with E-state index in [0.29, 0.717) is 5.56 Å². The Balaban J connectivity index is 1.58. The van der Waals surface area contributed by atoms with Gasteiger partial charge in [0.25, 0.3) is 0 Å². The third-order valence-corrected chi connectivity index (χ3v) is 5.43. The molecule has 0 fully saturated rings. The summed E-state index contributed by atoms with van der Waals surface area (Å²) in [5.41, 5.74) is 2.17. The molecule has 0 aliphatic carbocycles. The first-order valence-electron chi connectivity index (χ1n) is 12.2. The molecule has 10 heteroatoms. The molecule has 0 saturated heterocycles. The first-order chi connectivity index (χ1) is 18.9. The molecule has 0 bridgehead atoms. The molecule has 39 heavy (non-hydrogen) atoms. The highest BCUT2D eigenvalue weighted by molar-refractivity contribution is 5.90. The van der Waals surface area contributed by atoms with E-state index in [9.17, 15) is 24.3 Å². The number of rotatable bonds is 13. The van der Waals surface area contributed by atoms with Crippen LogP contribution in [0, 0.1) is 0 Å². The quantitative estimate of drug-likeness (QED) is 0.225. The van der Waals surface area contributed by atoms with Gasteiger partial charge in [-0.3, -0.25) is 4.79 Å². The highest BCUT2D eigenvalue weighted by Crippen LogP contribution is 2.07. The molecule has 204 valence electrons. The van der Waals surface area contributed by atoms with Crippen LogP contribution in [0.3, 0.4) is 0 Å². The molecular weight excluding hydrogens is 504 g/mol. The number of carbonyl (C=O) groups is 4. The van der Waals surface area contributed by atoms with Crippen molar-refractivity contribution in [2.75, 3.05) is 6.61 Å². The van der Waals surface area contributed by atoms with E-state index < -0.39 is 49.1 Å². The molecule has 0 aliphatic rings. The summed E-state index contributed by atoms with van der Waals surface area (Å²) in [6.45, 7) is -0.904. The molecular formula is C29H30N2O8. The van der Waals surface area contributed by atoms with E-state index in [1.54, 1.807) is 72.8 Å². The predicted octanol–water partition coefficient (Wildman–Crippen LogP) is 2.64. The first kappa shape index (κ1) is 28.9. The maximum atomic E-state index is 12.8. The van der Waals surface area contributed by atoms with Gasteiger partial charge in [-0.1, -0.05) is 91.0 Å². The molecule has 0 unspecified atom stereocenters. The van der Waals surface area contributed by atoms with E-state index in [2.05, 4.69) is 10.6 Å². The van der Waals surface area contributed by atoms with Gasteiger partial charge in [0.05, 0.1) is 13.0 Å². The van der Waals surface area contributed by atoms with Crippen molar-refractivity contribution in [3.8, 4) is 0 Å². The minimum atomic E-state index is -1.42. The molecule has 0 saturated carbocycles. The number of carbonyl (C=O) groups excluding carboxylic acids is 4. The first-order valence-corrected chi connectivity index (χ1v) is 12.2. The number of nitrogens with one attached hydrogen (secondary N) is 2. The number of esters is 2. The molecule has 10 nitrogen and oxygen atoms in total. The molecule has 0 spiro atoms. The maximum Gasteiger partial charge on any atom is 0.408 e. The monoisotopic (exact) mass is 534 g/mol.